The fourth-order valence-corrected chi connectivity index (χ4v) is 7.80. The maximum absolute atomic E-state index is 14.4. The highest BCUT2D eigenvalue weighted by Gasteiger charge is 2.34. The molecular weight excluding hydrogens is 790 g/mol. The van der Waals surface area contributed by atoms with Crippen LogP contribution in [0, 0.1) is 9.39 Å². The van der Waals surface area contributed by atoms with Crippen molar-refractivity contribution in [2.24, 2.45) is 4.99 Å². The molecular formula is C34H31BrFIN2O6S. The van der Waals surface area contributed by atoms with Gasteiger partial charge in [-0.1, -0.05) is 51.5 Å². The van der Waals surface area contributed by atoms with Crippen LogP contribution in [0.2, 0.25) is 0 Å². The zero-order chi connectivity index (χ0) is 33.1. The highest BCUT2D eigenvalue weighted by atomic mass is 127. The molecule has 2 heterocycles. The molecule has 0 unspecified atom stereocenters. The van der Waals surface area contributed by atoms with Gasteiger partial charge in [-0.3, -0.25) is 9.36 Å². The summed E-state index contributed by atoms with van der Waals surface area (Å²) in [7, 11) is 1.54. The number of carbonyl (C=O) groups is 1. The second-order valence-corrected chi connectivity index (χ2v) is 13.7. The molecule has 3 aromatic carbocycles. The van der Waals surface area contributed by atoms with Crippen LogP contribution in [0.25, 0.3) is 6.08 Å². The van der Waals surface area contributed by atoms with E-state index >= 15 is 0 Å². The molecule has 0 amide bonds. The number of hydrogen-bond acceptors (Lipinski definition) is 8. The van der Waals surface area contributed by atoms with Crippen LogP contribution >= 0.6 is 49.9 Å². The van der Waals surface area contributed by atoms with Crippen LogP contribution in [0.15, 0.2) is 80.1 Å². The number of carbonyl (C=O) groups excluding carboxylic acids is 1. The number of esters is 1. The van der Waals surface area contributed by atoms with E-state index in [1.165, 1.54) is 29.1 Å². The summed E-state index contributed by atoms with van der Waals surface area (Å²) < 4.78 is 40.9. The molecule has 0 saturated carbocycles. The van der Waals surface area contributed by atoms with Gasteiger partial charge >= 0.3 is 5.97 Å². The number of thiazole rings is 1. The highest BCUT2D eigenvalue weighted by molar-refractivity contribution is 14.1. The molecule has 0 radical (unpaired) electrons. The van der Waals surface area contributed by atoms with Crippen molar-refractivity contribution in [3.05, 3.63) is 116 Å². The Morgan fingerprint density at radius 1 is 1.17 bits per heavy atom. The monoisotopic (exact) mass is 820 g/mol. The van der Waals surface area contributed by atoms with E-state index in [2.05, 4.69) is 43.5 Å². The maximum Gasteiger partial charge on any atom is 0.338 e. The fourth-order valence-electron chi connectivity index (χ4n) is 5.06. The van der Waals surface area contributed by atoms with Gasteiger partial charge in [0, 0.05) is 15.6 Å². The van der Waals surface area contributed by atoms with E-state index in [9.17, 15) is 14.0 Å². The minimum atomic E-state index is -0.834. The Morgan fingerprint density at radius 2 is 1.93 bits per heavy atom. The number of aromatic nitrogens is 1. The molecule has 8 nitrogen and oxygen atoms in total. The standard InChI is InChI=1S/C34H31BrFIN2O6S/c1-6-43-33(41)29-19(4)38-34-39(30(29)20-11-12-26(45-18(2)3)27(14-20)42-5)32(40)28(46-34)15-22-13-23(35)16-25(37)31(22)44-17-21-9-7-8-10-24(21)36/h7-16,18,30H,6,17H2,1-5H3/b28-15+/t30-/m1/s1. The Labute approximate surface area is 291 Å². The van der Waals surface area contributed by atoms with E-state index in [1.54, 1.807) is 50.3 Å². The summed E-state index contributed by atoms with van der Waals surface area (Å²) in [4.78, 5) is 32.7. The molecule has 1 aliphatic rings. The van der Waals surface area contributed by atoms with Crippen LogP contribution in [-0.4, -0.2) is 30.4 Å². The number of halogens is 3. The maximum atomic E-state index is 14.4. The average Bonchev–Trinajstić information content (AvgIpc) is 3.30. The van der Waals surface area contributed by atoms with Crippen LogP contribution in [0.4, 0.5) is 4.39 Å². The van der Waals surface area contributed by atoms with Gasteiger partial charge in [0.2, 0.25) is 0 Å². The van der Waals surface area contributed by atoms with Gasteiger partial charge in [-0.2, -0.15) is 0 Å². The average molecular weight is 822 g/mol. The second-order valence-electron chi connectivity index (χ2n) is 10.6. The first-order valence-electron chi connectivity index (χ1n) is 14.4. The quantitative estimate of drug-likeness (QED) is 0.131. The van der Waals surface area contributed by atoms with Gasteiger partial charge in [0.25, 0.3) is 5.56 Å². The lowest BCUT2D eigenvalue weighted by Crippen LogP contribution is -2.40. The SMILES string of the molecule is CCOC(=O)C1=C(C)N=c2s/c(=C/c3cc(Br)cc(I)c3OCc3ccccc3F)c(=O)n2[C@@H]1c1ccc(OC(C)C)c(OC)c1. The summed E-state index contributed by atoms with van der Waals surface area (Å²) in [6.07, 6.45) is 1.64. The molecule has 5 rings (SSSR count). The van der Waals surface area contributed by atoms with Crippen molar-refractivity contribution in [3.8, 4) is 17.2 Å². The molecule has 1 aliphatic heterocycles. The first-order valence-corrected chi connectivity index (χ1v) is 17.1. The van der Waals surface area contributed by atoms with Gasteiger partial charge < -0.3 is 18.9 Å². The first-order chi connectivity index (χ1) is 22.0. The smallest absolute Gasteiger partial charge is 0.338 e. The minimum absolute atomic E-state index is 0.00679. The summed E-state index contributed by atoms with van der Waals surface area (Å²) in [5.41, 5.74) is 2.02. The predicted octanol–water partition coefficient (Wildman–Crippen LogP) is 6.68. The summed E-state index contributed by atoms with van der Waals surface area (Å²) in [5, 5.41) is 0. The lowest BCUT2D eigenvalue weighted by molar-refractivity contribution is -0.139. The topological polar surface area (TPSA) is 88.4 Å². The van der Waals surface area contributed by atoms with E-state index in [0.717, 1.165) is 8.04 Å². The zero-order valence-corrected chi connectivity index (χ0v) is 30.3. The largest absolute Gasteiger partial charge is 0.493 e. The summed E-state index contributed by atoms with van der Waals surface area (Å²) in [6.45, 7) is 7.46. The molecule has 0 bridgehead atoms. The molecule has 0 aliphatic carbocycles. The molecule has 1 aromatic heterocycles. The van der Waals surface area contributed by atoms with E-state index < -0.39 is 12.0 Å². The predicted molar refractivity (Wildman–Crippen MR) is 187 cm³/mol. The van der Waals surface area contributed by atoms with Crippen molar-refractivity contribution in [2.45, 2.75) is 46.4 Å². The Hall–Kier alpha value is -3.49. The third-order valence-electron chi connectivity index (χ3n) is 7.04. The van der Waals surface area contributed by atoms with Crippen molar-refractivity contribution >= 4 is 61.9 Å². The lowest BCUT2D eigenvalue weighted by atomic mass is 9.95. The van der Waals surface area contributed by atoms with Gasteiger partial charge in [-0.25, -0.2) is 14.2 Å². The van der Waals surface area contributed by atoms with Crippen molar-refractivity contribution in [1.29, 1.82) is 0 Å². The summed E-state index contributed by atoms with van der Waals surface area (Å²) >= 11 is 6.89. The fraction of sp³-hybridized carbons (Fsp3) is 0.265. The van der Waals surface area contributed by atoms with Gasteiger partial charge in [-0.05, 0) is 92.3 Å². The lowest BCUT2D eigenvalue weighted by Gasteiger charge is -2.25. The van der Waals surface area contributed by atoms with Crippen LogP contribution in [0.5, 0.6) is 17.2 Å². The van der Waals surface area contributed by atoms with E-state index in [-0.39, 0.29) is 36.3 Å². The number of nitrogens with zero attached hydrogens (tertiary/aromatic N) is 2. The third kappa shape index (κ3) is 7.08. The van der Waals surface area contributed by atoms with Crippen molar-refractivity contribution in [1.82, 2.24) is 4.57 Å². The number of allylic oxidation sites excluding steroid dienone is 1. The Kier molecular flexibility index (Phi) is 10.7. The van der Waals surface area contributed by atoms with Crippen LogP contribution in [0.1, 0.15) is 50.4 Å². The molecule has 1 atom stereocenters. The Bertz CT molecular complexity index is 2020. The van der Waals surface area contributed by atoms with Gasteiger partial charge in [0.15, 0.2) is 16.3 Å². The van der Waals surface area contributed by atoms with Crippen molar-refractivity contribution < 1.29 is 28.1 Å². The molecule has 0 spiro atoms. The van der Waals surface area contributed by atoms with Crippen molar-refractivity contribution in [2.75, 3.05) is 13.7 Å². The number of hydrogen-bond donors (Lipinski definition) is 0. The highest BCUT2D eigenvalue weighted by Crippen LogP contribution is 2.37. The van der Waals surface area contributed by atoms with Crippen LogP contribution in [-0.2, 0) is 16.1 Å². The zero-order valence-electron chi connectivity index (χ0n) is 25.7. The normalized spacial score (nSPS) is 14.6. The molecule has 0 saturated heterocycles. The molecule has 12 heteroatoms. The third-order valence-corrected chi connectivity index (χ3v) is 9.28. The number of rotatable bonds is 10. The summed E-state index contributed by atoms with van der Waals surface area (Å²) in [5.74, 6) is 0.585. The van der Waals surface area contributed by atoms with E-state index in [0.29, 0.717) is 49.0 Å². The molecule has 46 heavy (non-hydrogen) atoms. The van der Waals surface area contributed by atoms with E-state index in [1.807, 2.05) is 32.0 Å². The molecule has 4 aromatic rings. The summed E-state index contributed by atoms with van der Waals surface area (Å²) in [6, 6.07) is 14.7. The number of ether oxygens (including phenoxy) is 4. The molecule has 0 fully saturated rings. The number of benzene rings is 3. The van der Waals surface area contributed by atoms with Gasteiger partial charge in [0.1, 0.15) is 18.2 Å². The minimum Gasteiger partial charge on any atom is -0.493 e. The number of methoxy groups -OCH3 is 1. The number of fused-ring (bicyclic) bond motifs is 1. The Balaban J connectivity index is 1.67. The first kappa shape index (κ1) is 33.9. The Morgan fingerprint density at radius 3 is 2.63 bits per heavy atom. The van der Waals surface area contributed by atoms with Crippen molar-refractivity contribution in [3.63, 3.8) is 0 Å². The molecule has 240 valence electrons. The van der Waals surface area contributed by atoms with Gasteiger partial charge in [0.05, 0.1) is 45.2 Å². The van der Waals surface area contributed by atoms with Crippen LogP contribution in [0.3, 0.4) is 0 Å². The molecule has 0 N–H and O–H groups in total. The van der Waals surface area contributed by atoms with Crippen LogP contribution < -0.4 is 29.1 Å². The van der Waals surface area contributed by atoms with E-state index in [4.69, 9.17) is 18.9 Å². The second kappa shape index (κ2) is 14.5. The van der Waals surface area contributed by atoms with Gasteiger partial charge in [-0.15, -0.1) is 0 Å².